The van der Waals surface area contributed by atoms with Gasteiger partial charge in [0.25, 0.3) is 0 Å². The van der Waals surface area contributed by atoms with Crippen molar-refractivity contribution in [2.24, 2.45) is 7.05 Å². The Morgan fingerprint density at radius 2 is 2.07 bits per heavy atom. The fourth-order valence-electron chi connectivity index (χ4n) is 1.04. The van der Waals surface area contributed by atoms with Crippen molar-refractivity contribution in [3.63, 3.8) is 0 Å². The molecule has 1 aromatic heterocycles. The molecular weight excluding hydrogens is 198 g/mol. The van der Waals surface area contributed by atoms with Crippen molar-refractivity contribution in [2.45, 2.75) is 0 Å². The summed E-state index contributed by atoms with van der Waals surface area (Å²) in [7, 11) is 1.69. The molecule has 1 N–H and O–H groups in total. The molecule has 1 heterocycles. The minimum Gasteiger partial charge on any atom is -0.330 e. The molecule has 0 fully saturated rings. The smallest absolute Gasteiger partial charge is 0.330 e. The monoisotopic (exact) mass is 207 g/mol. The van der Waals surface area contributed by atoms with E-state index in [0.29, 0.717) is 5.13 Å². The number of hydrogen-bond acceptors (Lipinski definition) is 4. The van der Waals surface area contributed by atoms with Crippen LogP contribution >= 0.6 is 11.5 Å². The van der Waals surface area contributed by atoms with Gasteiger partial charge in [0.2, 0.25) is 5.13 Å². The summed E-state index contributed by atoms with van der Waals surface area (Å²) in [6.45, 7) is 0. The second-order valence-corrected chi connectivity index (χ2v) is 3.90. The van der Waals surface area contributed by atoms with E-state index in [1.165, 1.54) is 15.5 Å². The van der Waals surface area contributed by atoms with E-state index in [2.05, 4.69) is 10.3 Å². The predicted molar refractivity (Wildman–Crippen MR) is 57.1 cm³/mol. The third kappa shape index (κ3) is 1.82. The highest BCUT2D eigenvalue weighted by Gasteiger charge is 2.01. The Balaban J connectivity index is 2.23. The maximum absolute atomic E-state index is 11.1. The third-order valence-electron chi connectivity index (χ3n) is 1.72. The molecule has 0 aliphatic heterocycles. The first kappa shape index (κ1) is 8.96. The van der Waals surface area contributed by atoms with Crippen LogP contribution < -0.4 is 11.0 Å². The van der Waals surface area contributed by atoms with Crippen LogP contribution in [0.4, 0.5) is 10.8 Å². The van der Waals surface area contributed by atoms with Crippen molar-refractivity contribution in [1.29, 1.82) is 0 Å². The lowest BCUT2D eigenvalue weighted by molar-refractivity contribution is 0.933. The largest absolute Gasteiger partial charge is 0.359 e. The van der Waals surface area contributed by atoms with Crippen LogP contribution in [0.1, 0.15) is 0 Å². The Kier molecular flexibility index (Phi) is 2.32. The zero-order valence-electron chi connectivity index (χ0n) is 7.60. The maximum atomic E-state index is 11.1. The standard InChI is InChI=1S/C9H9N3OS/c1-12-9(13)11-8(14-12)10-7-5-3-2-4-6-7/h2-6H,1H3,(H,10,11,13). The zero-order chi connectivity index (χ0) is 9.97. The summed E-state index contributed by atoms with van der Waals surface area (Å²) < 4.78 is 1.48. The minimum absolute atomic E-state index is 0.228. The van der Waals surface area contributed by atoms with E-state index in [1.807, 2.05) is 30.3 Å². The Hall–Kier alpha value is -1.62. The van der Waals surface area contributed by atoms with Crippen molar-refractivity contribution in [3.8, 4) is 0 Å². The Morgan fingerprint density at radius 3 is 2.64 bits per heavy atom. The fourth-order valence-corrected chi connectivity index (χ4v) is 1.70. The van der Waals surface area contributed by atoms with Crippen LogP contribution in [0.2, 0.25) is 0 Å². The number of rotatable bonds is 2. The quantitative estimate of drug-likeness (QED) is 0.813. The van der Waals surface area contributed by atoms with Crippen LogP contribution in [0.25, 0.3) is 0 Å². The zero-order valence-corrected chi connectivity index (χ0v) is 8.41. The first-order valence-electron chi connectivity index (χ1n) is 4.12. The van der Waals surface area contributed by atoms with Crippen molar-refractivity contribution < 1.29 is 0 Å². The molecule has 2 rings (SSSR count). The number of nitrogens with one attached hydrogen (secondary N) is 1. The molecule has 0 amide bonds. The van der Waals surface area contributed by atoms with Crippen LogP contribution in [-0.4, -0.2) is 8.94 Å². The van der Waals surface area contributed by atoms with E-state index in [0.717, 1.165) is 5.69 Å². The molecule has 4 nitrogen and oxygen atoms in total. The van der Waals surface area contributed by atoms with E-state index in [9.17, 15) is 4.79 Å². The molecular formula is C9H9N3OS. The van der Waals surface area contributed by atoms with Crippen LogP contribution in [0.5, 0.6) is 0 Å². The average Bonchev–Trinajstić information content (AvgIpc) is 2.47. The number of hydrogen-bond donors (Lipinski definition) is 1. The molecule has 72 valence electrons. The van der Waals surface area contributed by atoms with Crippen molar-refractivity contribution in [3.05, 3.63) is 40.8 Å². The molecule has 0 aliphatic carbocycles. The maximum Gasteiger partial charge on any atom is 0.359 e. The van der Waals surface area contributed by atoms with E-state index in [1.54, 1.807) is 7.05 Å². The van der Waals surface area contributed by atoms with Crippen molar-refractivity contribution in [2.75, 3.05) is 5.32 Å². The van der Waals surface area contributed by atoms with Crippen LogP contribution in [0, 0.1) is 0 Å². The number of nitrogens with zero attached hydrogens (tertiary/aromatic N) is 2. The number of benzene rings is 1. The van der Waals surface area contributed by atoms with Crippen LogP contribution in [-0.2, 0) is 7.05 Å². The summed E-state index contributed by atoms with van der Waals surface area (Å²) >= 11 is 1.29. The van der Waals surface area contributed by atoms with Gasteiger partial charge in [-0.2, -0.15) is 4.98 Å². The minimum atomic E-state index is -0.228. The van der Waals surface area contributed by atoms with E-state index >= 15 is 0 Å². The van der Waals surface area contributed by atoms with Gasteiger partial charge >= 0.3 is 5.69 Å². The molecule has 0 bridgehead atoms. The summed E-state index contributed by atoms with van der Waals surface area (Å²) in [5, 5.41) is 3.67. The highest BCUT2D eigenvalue weighted by atomic mass is 32.1. The van der Waals surface area contributed by atoms with Gasteiger partial charge in [0.05, 0.1) is 0 Å². The van der Waals surface area contributed by atoms with Gasteiger partial charge in [0.1, 0.15) is 0 Å². The summed E-state index contributed by atoms with van der Waals surface area (Å²) in [6, 6.07) is 9.63. The molecule has 0 radical (unpaired) electrons. The van der Waals surface area contributed by atoms with Crippen molar-refractivity contribution in [1.82, 2.24) is 8.94 Å². The summed E-state index contributed by atoms with van der Waals surface area (Å²) in [5.74, 6) is 0. The van der Waals surface area contributed by atoms with Gasteiger partial charge in [-0.25, -0.2) is 8.75 Å². The molecule has 14 heavy (non-hydrogen) atoms. The van der Waals surface area contributed by atoms with Gasteiger partial charge in [-0.15, -0.1) is 0 Å². The average molecular weight is 207 g/mol. The van der Waals surface area contributed by atoms with Gasteiger partial charge in [-0.05, 0) is 23.7 Å². The van der Waals surface area contributed by atoms with E-state index < -0.39 is 0 Å². The molecule has 0 unspecified atom stereocenters. The highest BCUT2D eigenvalue weighted by Crippen LogP contribution is 2.15. The summed E-state index contributed by atoms with van der Waals surface area (Å²) in [5.41, 5.74) is 0.704. The SMILES string of the molecule is Cn1sc(Nc2ccccc2)nc1=O. The first-order valence-corrected chi connectivity index (χ1v) is 4.89. The molecule has 2 aromatic rings. The third-order valence-corrected chi connectivity index (χ3v) is 2.51. The van der Waals surface area contributed by atoms with Gasteiger partial charge in [0, 0.05) is 12.7 Å². The lowest BCUT2D eigenvalue weighted by Crippen LogP contribution is -2.10. The first-order chi connectivity index (χ1) is 6.75. The number of aromatic nitrogens is 2. The molecule has 0 atom stereocenters. The fraction of sp³-hybridized carbons (Fsp3) is 0.111. The lowest BCUT2D eigenvalue weighted by atomic mass is 10.3. The normalized spacial score (nSPS) is 10.1. The number of anilines is 2. The van der Waals surface area contributed by atoms with Gasteiger partial charge in [-0.3, -0.25) is 0 Å². The Labute approximate surface area is 85.0 Å². The topological polar surface area (TPSA) is 46.9 Å². The number of aryl methyl sites for hydroxylation is 1. The van der Waals surface area contributed by atoms with Gasteiger partial charge in [0.15, 0.2) is 0 Å². The molecule has 1 aromatic carbocycles. The lowest BCUT2D eigenvalue weighted by Gasteiger charge is -1.99. The summed E-state index contributed by atoms with van der Waals surface area (Å²) in [6.07, 6.45) is 0. The molecule has 0 spiro atoms. The second kappa shape index (κ2) is 3.63. The van der Waals surface area contributed by atoms with E-state index in [4.69, 9.17) is 0 Å². The summed E-state index contributed by atoms with van der Waals surface area (Å²) in [4.78, 5) is 14.9. The van der Waals surface area contributed by atoms with E-state index in [-0.39, 0.29) is 5.69 Å². The second-order valence-electron chi connectivity index (χ2n) is 2.78. The predicted octanol–water partition coefficient (Wildman–Crippen LogP) is 1.59. The molecule has 0 saturated heterocycles. The molecule has 0 aliphatic rings. The van der Waals surface area contributed by atoms with Crippen molar-refractivity contribution >= 4 is 22.4 Å². The molecule has 0 saturated carbocycles. The molecule has 5 heteroatoms. The number of para-hydroxylation sites is 1. The van der Waals surface area contributed by atoms with Crippen LogP contribution in [0.15, 0.2) is 35.1 Å². The van der Waals surface area contributed by atoms with Gasteiger partial charge < -0.3 is 5.32 Å². The Bertz CT molecular complexity index is 474. The Morgan fingerprint density at radius 1 is 1.36 bits per heavy atom. The highest BCUT2D eigenvalue weighted by molar-refractivity contribution is 7.10. The van der Waals surface area contributed by atoms with Gasteiger partial charge in [-0.1, -0.05) is 18.2 Å². The van der Waals surface area contributed by atoms with Crippen LogP contribution in [0.3, 0.4) is 0 Å².